The molecule has 0 radical (unpaired) electrons. The van der Waals surface area contributed by atoms with E-state index in [1.165, 1.54) is 0 Å². The third-order valence-electron chi connectivity index (χ3n) is 4.30. The van der Waals surface area contributed by atoms with Crippen LogP contribution in [0, 0.1) is 11.8 Å². The number of piperidine rings is 1. The Morgan fingerprint density at radius 1 is 1.30 bits per heavy atom. The van der Waals surface area contributed by atoms with E-state index in [1.54, 1.807) is 23.8 Å². The lowest BCUT2D eigenvalue weighted by Crippen LogP contribution is -2.43. The highest BCUT2D eigenvalue weighted by molar-refractivity contribution is 5.80. The first-order valence-electron chi connectivity index (χ1n) is 7.24. The van der Waals surface area contributed by atoms with E-state index in [0.29, 0.717) is 26.1 Å². The zero-order valence-electron chi connectivity index (χ0n) is 12.2. The maximum absolute atomic E-state index is 12.1. The Labute approximate surface area is 119 Å². The number of rotatable bonds is 3. The predicted molar refractivity (Wildman–Crippen MR) is 73.7 cm³/mol. The monoisotopic (exact) mass is 281 g/mol. The second kappa shape index (κ2) is 6.24. The first-order chi connectivity index (χ1) is 9.47. The number of nitrogens with one attached hydrogen (secondary N) is 1. The maximum Gasteiger partial charge on any atom is 0.223 e. The zero-order valence-corrected chi connectivity index (χ0v) is 12.2. The van der Waals surface area contributed by atoms with Crippen molar-refractivity contribution in [2.24, 2.45) is 11.8 Å². The van der Waals surface area contributed by atoms with Crippen molar-refractivity contribution in [2.75, 3.05) is 33.2 Å². The van der Waals surface area contributed by atoms with E-state index in [9.17, 15) is 14.4 Å². The summed E-state index contributed by atoms with van der Waals surface area (Å²) in [5, 5.41) is 2.96. The van der Waals surface area contributed by atoms with E-state index < -0.39 is 0 Å². The fourth-order valence-corrected chi connectivity index (χ4v) is 2.94. The predicted octanol–water partition coefficient (Wildman–Crippen LogP) is -0.161. The average Bonchev–Trinajstić information content (AvgIpc) is 2.75. The average molecular weight is 281 g/mol. The van der Waals surface area contributed by atoms with Gasteiger partial charge in [-0.15, -0.1) is 0 Å². The van der Waals surface area contributed by atoms with Gasteiger partial charge in [-0.25, -0.2) is 0 Å². The van der Waals surface area contributed by atoms with Crippen molar-refractivity contribution < 1.29 is 14.4 Å². The lowest BCUT2D eigenvalue weighted by molar-refractivity contribution is -0.134. The van der Waals surface area contributed by atoms with Crippen LogP contribution in [0.25, 0.3) is 0 Å². The minimum Gasteiger partial charge on any atom is -0.356 e. The lowest BCUT2D eigenvalue weighted by atomic mass is 9.95. The summed E-state index contributed by atoms with van der Waals surface area (Å²) in [6, 6.07) is 0. The Kier molecular flexibility index (Phi) is 4.62. The van der Waals surface area contributed by atoms with Gasteiger partial charge in [-0.3, -0.25) is 14.4 Å². The molecule has 0 spiro atoms. The Balaban J connectivity index is 1.71. The van der Waals surface area contributed by atoms with Crippen molar-refractivity contribution in [1.82, 2.24) is 15.1 Å². The molecule has 0 aromatic heterocycles. The second-order valence-electron chi connectivity index (χ2n) is 5.87. The highest BCUT2D eigenvalue weighted by atomic mass is 16.2. The van der Waals surface area contributed by atoms with Crippen LogP contribution in [0.5, 0.6) is 0 Å². The zero-order chi connectivity index (χ0) is 14.7. The smallest absolute Gasteiger partial charge is 0.223 e. The number of amides is 3. The normalized spacial score (nSPS) is 24.1. The van der Waals surface area contributed by atoms with Crippen LogP contribution < -0.4 is 5.32 Å². The first-order valence-corrected chi connectivity index (χ1v) is 7.24. The summed E-state index contributed by atoms with van der Waals surface area (Å²) in [6.45, 7) is 4.19. The van der Waals surface area contributed by atoms with Crippen molar-refractivity contribution in [1.29, 1.82) is 0 Å². The van der Waals surface area contributed by atoms with E-state index in [0.717, 1.165) is 19.4 Å². The minimum atomic E-state index is 0.000402. The molecule has 0 aromatic carbocycles. The van der Waals surface area contributed by atoms with Gasteiger partial charge in [-0.2, -0.15) is 0 Å². The fourth-order valence-electron chi connectivity index (χ4n) is 2.94. The summed E-state index contributed by atoms with van der Waals surface area (Å²) in [5.41, 5.74) is 0. The van der Waals surface area contributed by atoms with Crippen molar-refractivity contribution >= 4 is 17.7 Å². The summed E-state index contributed by atoms with van der Waals surface area (Å²) in [7, 11) is 1.79. The number of hydrogen-bond donors (Lipinski definition) is 1. The molecular formula is C14H23N3O3. The van der Waals surface area contributed by atoms with E-state index in [-0.39, 0.29) is 29.6 Å². The van der Waals surface area contributed by atoms with Gasteiger partial charge in [0.25, 0.3) is 0 Å². The van der Waals surface area contributed by atoms with E-state index in [4.69, 9.17) is 0 Å². The Hall–Kier alpha value is -1.59. The Bertz CT molecular complexity index is 402. The van der Waals surface area contributed by atoms with Gasteiger partial charge in [0, 0.05) is 58.4 Å². The van der Waals surface area contributed by atoms with Crippen LogP contribution in [0.1, 0.15) is 26.2 Å². The standard InChI is InChI=1S/C14H23N3O3/c1-10(18)17-5-3-12(4-6-17)14(20)15-8-11-7-13(19)16(2)9-11/h11-12H,3-9H2,1-2H3,(H,15,20). The van der Waals surface area contributed by atoms with E-state index >= 15 is 0 Å². The molecule has 2 fully saturated rings. The molecule has 0 saturated carbocycles. The van der Waals surface area contributed by atoms with Crippen LogP contribution in [0.3, 0.4) is 0 Å². The molecule has 0 aliphatic carbocycles. The Morgan fingerprint density at radius 2 is 1.95 bits per heavy atom. The molecule has 3 amide bonds. The minimum absolute atomic E-state index is 0.000402. The van der Waals surface area contributed by atoms with Crippen LogP contribution >= 0.6 is 0 Å². The number of likely N-dealkylation sites (tertiary alicyclic amines) is 2. The van der Waals surface area contributed by atoms with Gasteiger partial charge in [-0.1, -0.05) is 0 Å². The topological polar surface area (TPSA) is 69.7 Å². The summed E-state index contributed by atoms with van der Waals surface area (Å²) in [5.74, 6) is 0.528. The van der Waals surface area contributed by atoms with Crippen LogP contribution in [-0.2, 0) is 14.4 Å². The van der Waals surface area contributed by atoms with Gasteiger partial charge in [0.05, 0.1) is 0 Å². The molecule has 6 nitrogen and oxygen atoms in total. The van der Waals surface area contributed by atoms with Crippen molar-refractivity contribution in [2.45, 2.75) is 26.2 Å². The van der Waals surface area contributed by atoms with E-state index in [1.807, 2.05) is 0 Å². The van der Waals surface area contributed by atoms with Gasteiger partial charge in [-0.05, 0) is 12.8 Å². The summed E-state index contributed by atoms with van der Waals surface area (Å²) in [6.07, 6.45) is 1.99. The van der Waals surface area contributed by atoms with Crippen LogP contribution in [-0.4, -0.2) is 60.7 Å². The molecule has 1 unspecified atom stereocenters. The highest BCUT2D eigenvalue weighted by Crippen LogP contribution is 2.18. The number of carbonyl (C=O) groups excluding carboxylic acids is 3. The quantitative estimate of drug-likeness (QED) is 0.781. The number of nitrogens with zero attached hydrogens (tertiary/aromatic N) is 2. The third-order valence-corrected chi connectivity index (χ3v) is 4.30. The van der Waals surface area contributed by atoms with Gasteiger partial charge < -0.3 is 15.1 Å². The van der Waals surface area contributed by atoms with Gasteiger partial charge in [0.15, 0.2) is 0 Å². The molecule has 2 rings (SSSR count). The van der Waals surface area contributed by atoms with Crippen molar-refractivity contribution in [3.8, 4) is 0 Å². The molecule has 2 heterocycles. The van der Waals surface area contributed by atoms with E-state index in [2.05, 4.69) is 5.32 Å². The molecule has 0 aromatic rings. The number of hydrogen-bond acceptors (Lipinski definition) is 3. The third kappa shape index (κ3) is 3.49. The molecule has 1 N–H and O–H groups in total. The van der Waals surface area contributed by atoms with Gasteiger partial charge >= 0.3 is 0 Å². The molecule has 2 saturated heterocycles. The van der Waals surface area contributed by atoms with Crippen LogP contribution in [0.4, 0.5) is 0 Å². The summed E-state index contributed by atoms with van der Waals surface area (Å²) in [4.78, 5) is 38.2. The fraction of sp³-hybridized carbons (Fsp3) is 0.786. The molecule has 6 heteroatoms. The first kappa shape index (κ1) is 14.8. The maximum atomic E-state index is 12.1. The summed E-state index contributed by atoms with van der Waals surface area (Å²) < 4.78 is 0. The molecular weight excluding hydrogens is 258 g/mol. The Morgan fingerprint density at radius 3 is 2.45 bits per heavy atom. The number of carbonyl (C=O) groups is 3. The molecule has 2 aliphatic rings. The molecule has 1 atom stereocenters. The largest absolute Gasteiger partial charge is 0.356 e. The van der Waals surface area contributed by atoms with Gasteiger partial charge in [0.1, 0.15) is 0 Å². The lowest BCUT2D eigenvalue weighted by Gasteiger charge is -2.30. The van der Waals surface area contributed by atoms with Gasteiger partial charge in [0.2, 0.25) is 17.7 Å². The van der Waals surface area contributed by atoms with Crippen LogP contribution in [0.2, 0.25) is 0 Å². The SMILES string of the molecule is CC(=O)N1CCC(C(=O)NCC2CC(=O)N(C)C2)CC1. The summed E-state index contributed by atoms with van der Waals surface area (Å²) >= 11 is 0. The molecule has 20 heavy (non-hydrogen) atoms. The highest BCUT2D eigenvalue weighted by Gasteiger charge is 2.29. The molecule has 112 valence electrons. The van der Waals surface area contributed by atoms with Crippen molar-refractivity contribution in [3.63, 3.8) is 0 Å². The molecule has 0 bridgehead atoms. The molecule has 2 aliphatic heterocycles. The van der Waals surface area contributed by atoms with Crippen molar-refractivity contribution in [3.05, 3.63) is 0 Å². The second-order valence-corrected chi connectivity index (χ2v) is 5.87. The van der Waals surface area contributed by atoms with Crippen LogP contribution in [0.15, 0.2) is 0 Å².